The van der Waals surface area contributed by atoms with Gasteiger partial charge in [0.2, 0.25) is 0 Å². The maximum atomic E-state index is 13.0. The number of nitrogens with one attached hydrogen (secondary N) is 1. The van der Waals surface area contributed by atoms with Crippen molar-refractivity contribution in [1.29, 1.82) is 0 Å². The minimum atomic E-state index is -3.04. The summed E-state index contributed by atoms with van der Waals surface area (Å²) < 4.78 is 25.3. The molecule has 0 radical (unpaired) electrons. The van der Waals surface area contributed by atoms with E-state index in [2.05, 4.69) is 15.4 Å². The summed E-state index contributed by atoms with van der Waals surface area (Å²) in [5, 5.41) is 8.38. The Hall–Kier alpha value is -2.26. The zero-order valence-corrected chi connectivity index (χ0v) is 17.9. The molecule has 28 heavy (non-hydrogen) atoms. The van der Waals surface area contributed by atoms with E-state index in [1.165, 1.54) is 11.3 Å². The highest BCUT2D eigenvalue weighted by Gasteiger charge is 2.31. The van der Waals surface area contributed by atoms with Gasteiger partial charge in [-0.3, -0.25) is 4.79 Å². The van der Waals surface area contributed by atoms with Gasteiger partial charge in [0.15, 0.2) is 9.84 Å². The van der Waals surface area contributed by atoms with E-state index in [4.69, 9.17) is 0 Å². The monoisotopic (exact) mass is 418 g/mol. The molecule has 0 saturated carbocycles. The number of sulfone groups is 1. The Morgan fingerprint density at radius 3 is 2.64 bits per heavy atom. The van der Waals surface area contributed by atoms with Crippen molar-refractivity contribution in [1.82, 2.24) is 14.8 Å². The SMILES string of the molecule is Cc1cc(C)c2c(C)c(C(=O)Nc3cc(C)nn3[C@H]3CCS(=O)(=O)C3)sc2n1. The largest absolute Gasteiger partial charge is 0.306 e. The highest BCUT2D eigenvalue weighted by Crippen LogP contribution is 2.33. The normalized spacial score (nSPS) is 18.6. The number of nitrogens with zero attached hydrogens (tertiary/aromatic N) is 3. The molecule has 1 amide bonds. The molecule has 1 atom stereocenters. The first kappa shape index (κ1) is 19.1. The molecule has 7 nitrogen and oxygen atoms in total. The van der Waals surface area contributed by atoms with Crippen molar-refractivity contribution in [3.05, 3.63) is 39.5 Å². The second kappa shape index (κ2) is 6.66. The molecule has 148 valence electrons. The lowest BCUT2D eigenvalue weighted by molar-refractivity contribution is 0.102. The zero-order valence-electron chi connectivity index (χ0n) is 16.2. The van der Waals surface area contributed by atoms with E-state index in [9.17, 15) is 13.2 Å². The van der Waals surface area contributed by atoms with E-state index in [0.717, 1.165) is 32.7 Å². The number of anilines is 1. The lowest BCUT2D eigenvalue weighted by Crippen LogP contribution is -2.19. The summed E-state index contributed by atoms with van der Waals surface area (Å²) in [6.07, 6.45) is 0.511. The number of aromatic nitrogens is 3. The number of hydrogen-bond acceptors (Lipinski definition) is 6. The van der Waals surface area contributed by atoms with E-state index in [1.807, 2.05) is 33.8 Å². The summed E-state index contributed by atoms with van der Waals surface area (Å²) in [6.45, 7) is 7.73. The Kier molecular flexibility index (Phi) is 4.54. The Labute approximate surface area is 167 Å². The van der Waals surface area contributed by atoms with Gasteiger partial charge < -0.3 is 5.32 Å². The molecule has 1 aliphatic rings. The van der Waals surface area contributed by atoms with Gasteiger partial charge in [0.25, 0.3) is 5.91 Å². The number of rotatable bonds is 3. The van der Waals surface area contributed by atoms with Crippen LogP contribution in [0.15, 0.2) is 12.1 Å². The van der Waals surface area contributed by atoms with Crippen LogP contribution in [0.1, 0.15) is 44.6 Å². The second-order valence-electron chi connectivity index (χ2n) is 7.44. The van der Waals surface area contributed by atoms with Crippen molar-refractivity contribution < 1.29 is 13.2 Å². The van der Waals surface area contributed by atoms with Crippen LogP contribution in [0.2, 0.25) is 0 Å². The van der Waals surface area contributed by atoms with Crippen LogP contribution in [0, 0.1) is 27.7 Å². The van der Waals surface area contributed by atoms with E-state index in [-0.39, 0.29) is 23.5 Å². The lowest BCUT2D eigenvalue weighted by atomic mass is 10.1. The zero-order chi connectivity index (χ0) is 20.2. The van der Waals surface area contributed by atoms with Gasteiger partial charge in [-0.05, 0) is 51.3 Å². The summed E-state index contributed by atoms with van der Waals surface area (Å²) in [4.78, 5) is 19.0. The van der Waals surface area contributed by atoms with Crippen LogP contribution in [-0.2, 0) is 9.84 Å². The van der Waals surface area contributed by atoms with E-state index < -0.39 is 9.84 Å². The molecular formula is C19H22N4O3S2. The number of carbonyl (C=O) groups is 1. The first-order chi connectivity index (χ1) is 13.1. The summed E-state index contributed by atoms with van der Waals surface area (Å²) in [6, 6.07) is 3.55. The van der Waals surface area contributed by atoms with Crippen LogP contribution in [-0.4, -0.2) is 40.6 Å². The van der Waals surface area contributed by atoms with Crippen LogP contribution in [0.3, 0.4) is 0 Å². The average molecular weight is 419 g/mol. The van der Waals surface area contributed by atoms with Crippen molar-refractivity contribution in [2.45, 2.75) is 40.2 Å². The molecular weight excluding hydrogens is 396 g/mol. The summed E-state index contributed by atoms with van der Waals surface area (Å²) >= 11 is 1.38. The van der Waals surface area contributed by atoms with Crippen molar-refractivity contribution in [3.63, 3.8) is 0 Å². The molecule has 1 N–H and O–H groups in total. The number of carbonyl (C=O) groups excluding carboxylic acids is 1. The fourth-order valence-corrected chi connectivity index (χ4v) is 6.76. The molecule has 4 rings (SSSR count). The predicted molar refractivity (Wildman–Crippen MR) is 111 cm³/mol. The minimum absolute atomic E-state index is 0.0568. The number of aryl methyl sites for hydroxylation is 4. The third-order valence-corrected chi connectivity index (χ3v) is 8.02. The molecule has 0 spiro atoms. The van der Waals surface area contributed by atoms with Gasteiger partial charge in [0.1, 0.15) is 10.6 Å². The highest BCUT2D eigenvalue weighted by atomic mass is 32.2. The molecule has 0 bridgehead atoms. The van der Waals surface area contributed by atoms with Gasteiger partial charge in [-0.25, -0.2) is 18.1 Å². The molecule has 0 unspecified atom stereocenters. The van der Waals surface area contributed by atoms with Crippen molar-refractivity contribution in [3.8, 4) is 0 Å². The molecule has 3 aromatic heterocycles. The summed E-state index contributed by atoms with van der Waals surface area (Å²) in [7, 11) is -3.04. The van der Waals surface area contributed by atoms with E-state index >= 15 is 0 Å². The molecule has 1 saturated heterocycles. The predicted octanol–water partition coefficient (Wildman–Crippen LogP) is 3.34. The second-order valence-corrected chi connectivity index (χ2v) is 10.7. The van der Waals surface area contributed by atoms with Gasteiger partial charge in [-0.15, -0.1) is 11.3 Å². The maximum Gasteiger partial charge on any atom is 0.267 e. The maximum absolute atomic E-state index is 13.0. The molecule has 1 fully saturated rings. The van der Waals surface area contributed by atoms with Gasteiger partial charge in [-0.1, -0.05) is 0 Å². The van der Waals surface area contributed by atoms with E-state index in [0.29, 0.717) is 17.1 Å². The van der Waals surface area contributed by atoms with Crippen LogP contribution in [0.5, 0.6) is 0 Å². The molecule has 9 heteroatoms. The van der Waals surface area contributed by atoms with Crippen LogP contribution < -0.4 is 5.32 Å². The Balaban J connectivity index is 1.68. The van der Waals surface area contributed by atoms with Crippen LogP contribution in [0.25, 0.3) is 10.2 Å². The van der Waals surface area contributed by atoms with Gasteiger partial charge in [0.05, 0.1) is 28.1 Å². The smallest absolute Gasteiger partial charge is 0.267 e. The third-order valence-electron chi connectivity index (χ3n) is 5.09. The number of fused-ring (bicyclic) bond motifs is 1. The van der Waals surface area contributed by atoms with Crippen LogP contribution in [0.4, 0.5) is 5.82 Å². The third kappa shape index (κ3) is 3.33. The van der Waals surface area contributed by atoms with E-state index in [1.54, 1.807) is 10.7 Å². The molecule has 3 aromatic rings. The fourth-order valence-electron chi connectivity index (χ4n) is 3.87. The fraction of sp³-hybridized carbons (Fsp3) is 0.421. The first-order valence-corrected chi connectivity index (χ1v) is 11.7. The van der Waals surface area contributed by atoms with Gasteiger partial charge in [-0.2, -0.15) is 5.10 Å². The minimum Gasteiger partial charge on any atom is -0.306 e. The standard InChI is InChI=1S/C19H22N4O3S2/c1-10-7-11(2)20-19-16(10)13(4)17(27-19)18(24)21-15-8-12(3)22-23(15)14-5-6-28(25,26)9-14/h7-8,14H,5-6,9H2,1-4H3,(H,21,24)/t14-/m0/s1. The lowest BCUT2D eigenvalue weighted by Gasteiger charge is -2.13. The molecule has 0 aliphatic carbocycles. The number of pyridine rings is 1. The Morgan fingerprint density at radius 1 is 1.21 bits per heavy atom. The molecule has 4 heterocycles. The quantitative estimate of drug-likeness (QED) is 0.704. The van der Waals surface area contributed by atoms with Crippen LogP contribution >= 0.6 is 11.3 Å². The highest BCUT2D eigenvalue weighted by molar-refractivity contribution is 7.91. The first-order valence-electron chi connectivity index (χ1n) is 9.10. The van der Waals surface area contributed by atoms with Crippen molar-refractivity contribution in [2.75, 3.05) is 16.8 Å². The van der Waals surface area contributed by atoms with Gasteiger partial charge >= 0.3 is 0 Å². The molecule has 0 aromatic carbocycles. The van der Waals surface area contributed by atoms with Gasteiger partial charge in [0, 0.05) is 17.1 Å². The Bertz CT molecular complexity index is 1210. The average Bonchev–Trinajstić information content (AvgIpc) is 3.22. The Morgan fingerprint density at radius 2 is 1.96 bits per heavy atom. The summed E-state index contributed by atoms with van der Waals surface area (Å²) in [5.41, 5.74) is 3.68. The van der Waals surface area contributed by atoms with Crippen molar-refractivity contribution in [2.24, 2.45) is 0 Å². The number of hydrogen-bond donors (Lipinski definition) is 1. The molecule has 1 aliphatic heterocycles. The number of thiophene rings is 1. The van der Waals surface area contributed by atoms with Crippen molar-refractivity contribution >= 4 is 43.1 Å². The number of amides is 1. The topological polar surface area (TPSA) is 94.0 Å². The summed E-state index contributed by atoms with van der Waals surface area (Å²) in [5.74, 6) is 0.521.